The van der Waals surface area contributed by atoms with Crippen LogP contribution >= 0.6 is 11.6 Å². The van der Waals surface area contributed by atoms with Crippen molar-refractivity contribution in [2.45, 2.75) is 39.2 Å². The van der Waals surface area contributed by atoms with E-state index in [0.717, 1.165) is 12.8 Å². The van der Waals surface area contributed by atoms with Crippen molar-refractivity contribution < 1.29 is 4.39 Å². The Hall–Kier alpha value is -0.640. The van der Waals surface area contributed by atoms with Crippen LogP contribution in [0.4, 0.5) is 4.39 Å². The molecule has 0 amide bonds. The third kappa shape index (κ3) is 3.95. The Morgan fingerprint density at radius 2 is 2.00 bits per heavy atom. The van der Waals surface area contributed by atoms with Crippen molar-refractivity contribution >= 4 is 11.6 Å². The van der Waals surface area contributed by atoms with Gasteiger partial charge in [0.15, 0.2) is 0 Å². The quantitative estimate of drug-likeness (QED) is 0.607. The van der Waals surface area contributed by atoms with Crippen LogP contribution in [0.25, 0.3) is 0 Å². The third-order valence-electron chi connectivity index (χ3n) is 3.28. The van der Waals surface area contributed by atoms with Gasteiger partial charge in [0.2, 0.25) is 0 Å². The molecule has 0 aliphatic carbocycles. The van der Waals surface area contributed by atoms with E-state index in [1.54, 1.807) is 12.1 Å². The van der Waals surface area contributed by atoms with Crippen molar-refractivity contribution in [2.24, 2.45) is 11.8 Å². The maximum atomic E-state index is 13.6. The molecule has 3 N–H and O–H groups in total. The molecule has 0 fully saturated rings. The van der Waals surface area contributed by atoms with E-state index in [1.807, 2.05) is 0 Å². The molecule has 2 nitrogen and oxygen atoms in total. The third-order valence-corrected chi connectivity index (χ3v) is 3.51. The molecule has 0 aromatic heterocycles. The van der Waals surface area contributed by atoms with E-state index >= 15 is 0 Å². The molecule has 0 aliphatic rings. The van der Waals surface area contributed by atoms with Crippen molar-refractivity contribution in [2.75, 3.05) is 0 Å². The van der Waals surface area contributed by atoms with Crippen molar-refractivity contribution in [3.63, 3.8) is 0 Å². The lowest BCUT2D eigenvalue weighted by molar-refractivity contribution is 0.333. The summed E-state index contributed by atoms with van der Waals surface area (Å²) in [5, 5.41) is 0.557. The molecule has 0 saturated heterocycles. The minimum atomic E-state index is -0.222. The molecule has 0 spiro atoms. The molecule has 0 bridgehead atoms. The van der Waals surface area contributed by atoms with Crippen LogP contribution < -0.4 is 11.3 Å². The fourth-order valence-electron chi connectivity index (χ4n) is 2.16. The van der Waals surface area contributed by atoms with E-state index in [2.05, 4.69) is 19.3 Å². The maximum absolute atomic E-state index is 13.6. The summed E-state index contributed by atoms with van der Waals surface area (Å²) in [7, 11) is 0. The average Bonchev–Trinajstić information content (AvgIpc) is 2.33. The summed E-state index contributed by atoms with van der Waals surface area (Å²) >= 11 is 5.87. The van der Waals surface area contributed by atoms with Crippen LogP contribution in [0.15, 0.2) is 18.2 Å². The Morgan fingerprint density at radius 3 is 2.53 bits per heavy atom. The van der Waals surface area contributed by atoms with Crippen LogP contribution in [-0.4, -0.2) is 6.04 Å². The number of hydrogen-bond acceptors (Lipinski definition) is 2. The van der Waals surface area contributed by atoms with Gasteiger partial charge in [-0.25, -0.2) is 4.39 Å². The van der Waals surface area contributed by atoms with E-state index in [4.69, 9.17) is 17.4 Å². The lowest BCUT2D eigenvalue weighted by atomic mass is 9.90. The molecule has 1 atom stereocenters. The second kappa shape index (κ2) is 6.94. The van der Waals surface area contributed by atoms with E-state index in [0.29, 0.717) is 22.9 Å². The molecular weight excluding hydrogens is 239 g/mol. The monoisotopic (exact) mass is 258 g/mol. The zero-order chi connectivity index (χ0) is 12.8. The lowest BCUT2D eigenvalue weighted by Gasteiger charge is -2.24. The Labute approximate surface area is 107 Å². The van der Waals surface area contributed by atoms with Crippen molar-refractivity contribution in [3.8, 4) is 0 Å². The van der Waals surface area contributed by atoms with Gasteiger partial charge in [0, 0.05) is 11.1 Å². The van der Waals surface area contributed by atoms with E-state index in [9.17, 15) is 4.39 Å². The first-order chi connectivity index (χ1) is 8.12. The zero-order valence-electron chi connectivity index (χ0n) is 10.3. The first kappa shape index (κ1) is 14.4. The van der Waals surface area contributed by atoms with E-state index < -0.39 is 0 Å². The number of hydrazine groups is 1. The van der Waals surface area contributed by atoms with Crippen LogP contribution in [0.3, 0.4) is 0 Å². The predicted molar refractivity (Wildman–Crippen MR) is 70.3 cm³/mol. The molecule has 1 rings (SSSR count). The summed E-state index contributed by atoms with van der Waals surface area (Å²) in [6, 6.07) is 4.71. The van der Waals surface area contributed by atoms with Gasteiger partial charge >= 0.3 is 0 Å². The van der Waals surface area contributed by atoms with E-state index in [-0.39, 0.29) is 11.9 Å². The van der Waals surface area contributed by atoms with Gasteiger partial charge < -0.3 is 0 Å². The molecule has 1 unspecified atom stereocenters. The second-order valence-electron chi connectivity index (χ2n) is 4.29. The molecule has 17 heavy (non-hydrogen) atoms. The molecule has 1 aromatic carbocycles. The van der Waals surface area contributed by atoms with Gasteiger partial charge in [-0.05, 0) is 36.1 Å². The highest BCUT2D eigenvalue weighted by molar-refractivity contribution is 6.30. The van der Waals surface area contributed by atoms with Crippen LogP contribution in [0.1, 0.15) is 32.3 Å². The Balaban J connectivity index is 2.83. The summed E-state index contributed by atoms with van der Waals surface area (Å²) < 4.78 is 13.6. The summed E-state index contributed by atoms with van der Waals surface area (Å²) in [5.74, 6) is 5.78. The normalized spacial score (nSPS) is 13.1. The standard InChI is InChI=1S/C13H20ClFN2/c1-3-9(4-2)13(17-16)8-10-7-11(14)5-6-12(10)15/h5-7,9,13,17H,3-4,8,16H2,1-2H3. The first-order valence-electron chi connectivity index (χ1n) is 6.02. The number of benzene rings is 1. The maximum Gasteiger partial charge on any atom is 0.126 e. The molecule has 0 heterocycles. The van der Waals surface area contributed by atoms with Gasteiger partial charge in [-0.1, -0.05) is 38.3 Å². The average molecular weight is 259 g/mol. The van der Waals surface area contributed by atoms with Crippen LogP contribution in [0.2, 0.25) is 5.02 Å². The fourth-order valence-corrected chi connectivity index (χ4v) is 2.35. The van der Waals surface area contributed by atoms with Crippen molar-refractivity contribution in [1.82, 2.24) is 5.43 Å². The number of nitrogens with one attached hydrogen (secondary N) is 1. The molecule has 1 aromatic rings. The van der Waals surface area contributed by atoms with Gasteiger partial charge in [-0.15, -0.1) is 0 Å². The number of nitrogens with two attached hydrogens (primary N) is 1. The van der Waals surface area contributed by atoms with Gasteiger partial charge in [0.05, 0.1) is 0 Å². The highest BCUT2D eigenvalue weighted by Gasteiger charge is 2.19. The molecular formula is C13H20ClFN2. The predicted octanol–water partition coefficient (Wildman–Crippen LogP) is 3.29. The molecule has 96 valence electrons. The van der Waals surface area contributed by atoms with Gasteiger partial charge in [0.25, 0.3) is 0 Å². The highest BCUT2D eigenvalue weighted by Crippen LogP contribution is 2.21. The zero-order valence-corrected chi connectivity index (χ0v) is 11.1. The minimum Gasteiger partial charge on any atom is -0.271 e. The summed E-state index contributed by atoms with van der Waals surface area (Å²) in [5.41, 5.74) is 3.41. The van der Waals surface area contributed by atoms with Crippen LogP contribution in [-0.2, 0) is 6.42 Å². The van der Waals surface area contributed by atoms with Crippen LogP contribution in [0.5, 0.6) is 0 Å². The first-order valence-corrected chi connectivity index (χ1v) is 6.40. The summed E-state index contributed by atoms with van der Waals surface area (Å²) in [6.07, 6.45) is 2.61. The second-order valence-corrected chi connectivity index (χ2v) is 4.73. The Bertz CT molecular complexity index is 353. The molecule has 0 saturated carbocycles. The molecule has 0 radical (unpaired) electrons. The summed E-state index contributed by atoms with van der Waals surface area (Å²) in [6.45, 7) is 4.24. The molecule has 0 aliphatic heterocycles. The highest BCUT2D eigenvalue weighted by atomic mass is 35.5. The lowest BCUT2D eigenvalue weighted by Crippen LogP contribution is -2.42. The van der Waals surface area contributed by atoms with Gasteiger partial charge in [-0.2, -0.15) is 0 Å². The van der Waals surface area contributed by atoms with Crippen molar-refractivity contribution in [1.29, 1.82) is 0 Å². The van der Waals surface area contributed by atoms with E-state index in [1.165, 1.54) is 6.07 Å². The van der Waals surface area contributed by atoms with Gasteiger partial charge in [0.1, 0.15) is 5.82 Å². The molecule has 4 heteroatoms. The largest absolute Gasteiger partial charge is 0.271 e. The number of rotatable bonds is 6. The Morgan fingerprint density at radius 1 is 1.35 bits per heavy atom. The minimum absolute atomic E-state index is 0.0815. The SMILES string of the molecule is CCC(CC)C(Cc1cc(Cl)ccc1F)NN. The van der Waals surface area contributed by atoms with Crippen molar-refractivity contribution in [3.05, 3.63) is 34.6 Å². The fraction of sp³-hybridized carbons (Fsp3) is 0.538. The Kier molecular flexibility index (Phi) is 5.89. The number of hydrogen-bond donors (Lipinski definition) is 2. The summed E-state index contributed by atoms with van der Waals surface area (Å²) in [4.78, 5) is 0. The smallest absolute Gasteiger partial charge is 0.126 e. The van der Waals surface area contributed by atoms with Gasteiger partial charge in [-0.3, -0.25) is 11.3 Å². The topological polar surface area (TPSA) is 38.0 Å². The number of halogens is 2. The van der Waals surface area contributed by atoms with Crippen LogP contribution in [0, 0.1) is 11.7 Å².